The fourth-order valence-corrected chi connectivity index (χ4v) is 3.60. The number of halogens is 1. The zero-order chi connectivity index (χ0) is 20.1. The third-order valence-corrected chi connectivity index (χ3v) is 5.69. The minimum Gasteiger partial charge on any atom is -0.484 e. The van der Waals surface area contributed by atoms with Crippen molar-refractivity contribution in [2.24, 2.45) is 5.92 Å². The number of rotatable bonds is 7. The Hall–Kier alpha value is -1.98. The van der Waals surface area contributed by atoms with Crippen molar-refractivity contribution in [3.8, 4) is 5.75 Å². The van der Waals surface area contributed by atoms with Gasteiger partial charge in [0.25, 0.3) is 5.91 Å². The van der Waals surface area contributed by atoms with Crippen LogP contribution in [-0.4, -0.2) is 37.0 Å². The quantitative estimate of drug-likeness (QED) is 0.711. The number of amides is 1. The average molecular weight is 421 g/mol. The van der Waals surface area contributed by atoms with E-state index in [0.29, 0.717) is 6.54 Å². The van der Waals surface area contributed by atoms with Gasteiger partial charge >= 0.3 is 0 Å². The van der Waals surface area contributed by atoms with E-state index in [0.717, 1.165) is 41.8 Å². The number of furan rings is 1. The molecule has 1 aromatic carbocycles. The molecule has 0 aliphatic carbocycles. The van der Waals surface area contributed by atoms with Crippen molar-refractivity contribution in [3.63, 3.8) is 0 Å². The molecule has 3 rings (SSSR count). The fraction of sp³-hybridized carbons (Fsp3) is 0.522. The Kier molecular flexibility index (Phi) is 8.60. The highest BCUT2D eigenvalue weighted by molar-refractivity contribution is 5.85. The van der Waals surface area contributed by atoms with E-state index in [1.165, 1.54) is 18.4 Å². The number of hydrogen-bond donors (Lipinski definition) is 1. The molecular formula is C23H33ClN2O3. The molecule has 6 heteroatoms. The normalized spacial score (nSPS) is 16.1. The summed E-state index contributed by atoms with van der Waals surface area (Å²) in [5, 5.41) is 3.03. The lowest BCUT2D eigenvalue weighted by molar-refractivity contribution is -0.123. The number of ether oxygens (including phenoxy) is 1. The Labute approximate surface area is 180 Å². The van der Waals surface area contributed by atoms with Crippen molar-refractivity contribution in [1.82, 2.24) is 10.2 Å². The smallest absolute Gasteiger partial charge is 0.258 e. The second kappa shape index (κ2) is 10.7. The summed E-state index contributed by atoms with van der Waals surface area (Å²) < 4.78 is 11.5. The molecule has 1 unspecified atom stereocenters. The minimum atomic E-state index is -0.114. The predicted octanol–water partition coefficient (Wildman–Crippen LogP) is 4.59. The topological polar surface area (TPSA) is 54.7 Å². The maximum Gasteiger partial charge on any atom is 0.258 e. The predicted molar refractivity (Wildman–Crippen MR) is 118 cm³/mol. The summed E-state index contributed by atoms with van der Waals surface area (Å²) in [5.41, 5.74) is 2.37. The van der Waals surface area contributed by atoms with Crippen LogP contribution in [0.3, 0.4) is 0 Å². The van der Waals surface area contributed by atoms with Crippen molar-refractivity contribution in [3.05, 3.63) is 53.0 Å². The lowest BCUT2D eigenvalue weighted by atomic mass is 9.97. The maximum absolute atomic E-state index is 12.4. The largest absolute Gasteiger partial charge is 0.484 e. The number of benzene rings is 1. The van der Waals surface area contributed by atoms with Gasteiger partial charge in [-0.2, -0.15) is 0 Å². The highest BCUT2D eigenvalue weighted by Gasteiger charge is 2.27. The molecule has 2 aromatic rings. The maximum atomic E-state index is 12.4. The molecule has 0 radical (unpaired) electrons. The van der Waals surface area contributed by atoms with Crippen LogP contribution >= 0.6 is 12.4 Å². The van der Waals surface area contributed by atoms with E-state index in [4.69, 9.17) is 9.15 Å². The minimum absolute atomic E-state index is 0. The van der Waals surface area contributed by atoms with Crippen LogP contribution in [0.1, 0.15) is 48.5 Å². The van der Waals surface area contributed by atoms with Gasteiger partial charge in [0.15, 0.2) is 6.61 Å². The molecule has 1 aliphatic rings. The van der Waals surface area contributed by atoms with Crippen LogP contribution in [0.2, 0.25) is 0 Å². The van der Waals surface area contributed by atoms with E-state index in [9.17, 15) is 4.79 Å². The molecule has 160 valence electrons. The molecular weight excluding hydrogens is 388 g/mol. The van der Waals surface area contributed by atoms with Gasteiger partial charge < -0.3 is 14.5 Å². The van der Waals surface area contributed by atoms with Gasteiger partial charge in [-0.05, 0) is 88.0 Å². The summed E-state index contributed by atoms with van der Waals surface area (Å²) >= 11 is 0. The molecule has 1 fully saturated rings. The molecule has 1 aliphatic heterocycles. The number of nitrogens with one attached hydrogen (secondary N) is 1. The van der Waals surface area contributed by atoms with Gasteiger partial charge in [0.1, 0.15) is 17.3 Å². The van der Waals surface area contributed by atoms with Gasteiger partial charge in [-0.3, -0.25) is 9.69 Å². The monoisotopic (exact) mass is 420 g/mol. The van der Waals surface area contributed by atoms with Crippen LogP contribution in [0.25, 0.3) is 0 Å². The first-order valence-corrected chi connectivity index (χ1v) is 10.2. The van der Waals surface area contributed by atoms with Crippen LogP contribution < -0.4 is 10.1 Å². The molecule has 1 saturated heterocycles. The Morgan fingerprint density at radius 2 is 1.90 bits per heavy atom. The van der Waals surface area contributed by atoms with Gasteiger partial charge in [-0.1, -0.05) is 13.0 Å². The molecule has 0 saturated carbocycles. The van der Waals surface area contributed by atoms with E-state index in [-0.39, 0.29) is 31.0 Å². The summed E-state index contributed by atoms with van der Waals surface area (Å²) in [6.07, 6.45) is 2.36. The van der Waals surface area contributed by atoms with E-state index < -0.39 is 0 Å². The third kappa shape index (κ3) is 6.51. The molecule has 1 amide bonds. The molecule has 1 N–H and O–H groups in total. The standard InChI is InChI=1S/C23H32N2O3.ClH/c1-16-9-11-25(12-10-16)21(22-8-6-19(4)28-22)14-24-23(26)15-27-20-7-5-17(2)18(3)13-20;/h5-8,13,16,21H,9-12,14-15H2,1-4H3,(H,24,26);1H. The number of hydrogen-bond acceptors (Lipinski definition) is 4. The first-order chi connectivity index (χ1) is 13.4. The van der Waals surface area contributed by atoms with Crippen LogP contribution in [0.15, 0.2) is 34.7 Å². The molecule has 2 heterocycles. The second-order valence-corrected chi connectivity index (χ2v) is 8.02. The molecule has 1 atom stereocenters. The van der Waals surface area contributed by atoms with Gasteiger partial charge in [-0.25, -0.2) is 0 Å². The molecule has 0 spiro atoms. The zero-order valence-corrected chi connectivity index (χ0v) is 18.7. The Morgan fingerprint density at radius 1 is 1.17 bits per heavy atom. The first-order valence-electron chi connectivity index (χ1n) is 10.2. The highest BCUT2D eigenvalue weighted by atomic mass is 35.5. The Morgan fingerprint density at radius 3 is 2.52 bits per heavy atom. The summed E-state index contributed by atoms with van der Waals surface area (Å²) in [7, 11) is 0. The number of likely N-dealkylation sites (tertiary alicyclic amines) is 1. The molecule has 5 nitrogen and oxygen atoms in total. The van der Waals surface area contributed by atoms with Crippen molar-refractivity contribution in [2.45, 2.75) is 46.6 Å². The van der Waals surface area contributed by atoms with E-state index in [1.807, 2.05) is 44.2 Å². The van der Waals surface area contributed by atoms with Crippen LogP contribution in [0, 0.1) is 26.7 Å². The highest BCUT2D eigenvalue weighted by Crippen LogP contribution is 2.27. The van der Waals surface area contributed by atoms with E-state index in [1.54, 1.807) is 0 Å². The van der Waals surface area contributed by atoms with Crippen molar-refractivity contribution >= 4 is 18.3 Å². The Bertz CT molecular complexity index is 797. The van der Waals surface area contributed by atoms with Crippen LogP contribution in [0.4, 0.5) is 0 Å². The lowest BCUT2D eigenvalue weighted by Crippen LogP contribution is -2.42. The van der Waals surface area contributed by atoms with Gasteiger partial charge in [0.05, 0.1) is 6.04 Å². The van der Waals surface area contributed by atoms with Crippen molar-refractivity contribution < 1.29 is 13.9 Å². The summed E-state index contributed by atoms with van der Waals surface area (Å²) in [5.74, 6) is 3.19. The SMILES string of the molecule is Cc1ccc(C(CNC(=O)COc2ccc(C)c(C)c2)N2CCC(C)CC2)o1.Cl. The Balaban J connectivity index is 0.00000300. The number of nitrogens with zero attached hydrogens (tertiary/aromatic N) is 1. The summed E-state index contributed by atoms with van der Waals surface area (Å²) in [6, 6.07) is 9.95. The first kappa shape index (κ1) is 23.3. The number of carbonyl (C=O) groups is 1. The lowest BCUT2D eigenvalue weighted by Gasteiger charge is -2.35. The molecule has 29 heavy (non-hydrogen) atoms. The number of carbonyl (C=O) groups excluding carboxylic acids is 1. The zero-order valence-electron chi connectivity index (χ0n) is 17.9. The second-order valence-electron chi connectivity index (χ2n) is 8.02. The van der Waals surface area contributed by atoms with Gasteiger partial charge in [0, 0.05) is 6.54 Å². The van der Waals surface area contributed by atoms with Gasteiger partial charge in [0.2, 0.25) is 0 Å². The number of aryl methyl sites for hydroxylation is 3. The third-order valence-electron chi connectivity index (χ3n) is 5.69. The fourth-order valence-electron chi connectivity index (χ4n) is 3.60. The van der Waals surface area contributed by atoms with Crippen LogP contribution in [-0.2, 0) is 4.79 Å². The van der Waals surface area contributed by atoms with E-state index >= 15 is 0 Å². The number of piperidine rings is 1. The van der Waals surface area contributed by atoms with Crippen LogP contribution in [0.5, 0.6) is 5.75 Å². The van der Waals surface area contributed by atoms with E-state index in [2.05, 4.69) is 24.1 Å². The van der Waals surface area contributed by atoms with Crippen molar-refractivity contribution in [1.29, 1.82) is 0 Å². The van der Waals surface area contributed by atoms with Crippen molar-refractivity contribution in [2.75, 3.05) is 26.2 Å². The average Bonchev–Trinajstić information content (AvgIpc) is 3.10. The van der Waals surface area contributed by atoms with Gasteiger partial charge in [-0.15, -0.1) is 12.4 Å². The summed E-state index contributed by atoms with van der Waals surface area (Å²) in [6.45, 7) is 11.0. The molecule has 1 aromatic heterocycles. The molecule has 0 bridgehead atoms. The summed E-state index contributed by atoms with van der Waals surface area (Å²) in [4.78, 5) is 14.8.